The van der Waals surface area contributed by atoms with E-state index in [1.165, 1.54) is 0 Å². The van der Waals surface area contributed by atoms with Crippen LogP contribution in [0.15, 0.2) is 78.0 Å². The summed E-state index contributed by atoms with van der Waals surface area (Å²) in [7, 11) is 3.47. The summed E-state index contributed by atoms with van der Waals surface area (Å²) < 4.78 is 0. The topological polar surface area (TPSA) is 78.1 Å². The molecule has 4 aromatic rings. The number of aromatic nitrogens is 2. The second kappa shape index (κ2) is 9.70. The van der Waals surface area contributed by atoms with Gasteiger partial charge in [0, 0.05) is 31.1 Å². The molecule has 0 saturated heterocycles. The van der Waals surface area contributed by atoms with Gasteiger partial charge in [0.05, 0.1) is 17.5 Å². The van der Waals surface area contributed by atoms with Crippen LogP contribution in [0, 0.1) is 0 Å². The molecule has 7 heteroatoms. The second-order valence-corrected chi connectivity index (χ2v) is 8.62. The minimum Gasteiger partial charge on any atom is -0.349 e. The number of para-hydroxylation sites is 2. The summed E-state index contributed by atoms with van der Waals surface area (Å²) >= 11 is 1.63. The van der Waals surface area contributed by atoms with Gasteiger partial charge in [-0.2, -0.15) is 0 Å². The summed E-state index contributed by atoms with van der Waals surface area (Å²) in [5.41, 5.74) is 5.29. The van der Waals surface area contributed by atoms with Crippen molar-refractivity contribution in [1.29, 1.82) is 0 Å². The van der Waals surface area contributed by atoms with E-state index in [-0.39, 0.29) is 11.8 Å². The molecule has 3 aromatic carbocycles. The summed E-state index contributed by atoms with van der Waals surface area (Å²) in [6, 6.07) is 22.9. The van der Waals surface area contributed by atoms with Gasteiger partial charge in [-0.25, -0.2) is 4.98 Å². The molecule has 0 spiro atoms. The highest BCUT2D eigenvalue weighted by atomic mass is 32.2. The molecule has 32 heavy (non-hydrogen) atoms. The standard InChI is InChI=1S/C25H24N4O2S/c1-29(2)23(30)15-17-9-13-20(14-10-17)26-24(31)19-11-7-18(8-12-19)16-32-25-27-21-5-3-4-6-22(21)28-25/h3-14H,15-16H2,1-2H3,(H,26,31)(H,27,28). The Kier molecular flexibility index (Phi) is 6.56. The number of anilines is 1. The zero-order valence-corrected chi connectivity index (χ0v) is 18.8. The molecule has 0 aliphatic rings. The number of thioether (sulfide) groups is 1. The number of hydrogen-bond acceptors (Lipinski definition) is 4. The number of benzene rings is 3. The maximum absolute atomic E-state index is 12.6. The minimum absolute atomic E-state index is 0.0420. The number of hydrogen-bond donors (Lipinski definition) is 2. The van der Waals surface area contributed by atoms with Crippen molar-refractivity contribution in [1.82, 2.24) is 14.9 Å². The average molecular weight is 445 g/mol. The Morgan fingerprint density at radius 1 is 0.938 bits per heavy atom. The highest BCUT2D eigenvalue weighted by Crippen LogP contribution is 2.23. The van der Waals surface area contributed by atoms with Gasteiger partial charge < -0.3 is 15.2 Å². The van der Waals surface area contributed by atoms with Gasteiger partial charge in [0.25, 0.3) is 5.91 Å². The highest BCUT2D eigenvalue weighted by Gasteiger charge is 2.09. The third-order valence-electron chi connectivity index (χ3n) is 5.03. The van der Waals surface area contributed by atoms with E-state index in [1.54, 1.807) is 30.8 Å². The normalized spacial score (nSPS) is 10.8. The molecule has 6 nitrogen and oxygen atoms in total. The number of carbonyl (C=O) groups is 2. The molecule has 0 unspecified atom stereocenters. The molecular formula is C25H24N4O2S. The average Bonchev–Trinajstić information content (AvgIpc) is 3.22. The van der Waals surface area contributed by atoms with E-state index in [1.807, 2.05) is 72.8 Å². The Balaban J connectivity index is 1.32. The quantitative estimate of drug-likeness (QED) is 0.404. The zero-order valence-electron chi connectivity index (χ0n) is 18.0. The van der Waals surface area contributed by atoms with Crippen LogP contribution >= 0.6 is 11.8 Å². The third kappa shape index (κ3) is 5.36. The first-order chi connectivity index (χ1) is 15.5. The number of rotatable bonds is 7. The molecule has 0 bridgehead atoms. The molecule has 2 amide bonds. The fourth-order valence-electron chi connectivity index (χ4n) is 3.14. The predicted molar refractivity (Wildman–Crippen MR) is 129 cm³/mol. The van der Waals surface area contributed by atoms with E-state index in [4.69, 9.17) is 0 Å². The number of imidazole rings is 1. The van der Waals surface area contributed by atoms with Crippen LogP contribution in [0.2, 0.25) is 0 Å². The van der Waals surface area contributed by atoms with Gasteiger partial charge in [-0.15, -0.1) is 0 Å². The molecule has 2 N–H and O–H groups in total. The maximum Gasteiger partial charge on any atom is 0.255 e. The highest BCUT2D eigenvalue weighted by molar-refractivity contribution is 7.98. The van der Waals surface area contributed by atoms with Gasteiger partial charge in [-0.1, -0.05) is 48.2 Å². The lowest BCUT2D eigenvalue weighted by molar-refractivity contribution is -0.127. The van der Waals surface area contributed by atoms with Crippen molar-refractivity contribution in [2.24, 2.45) is 0 Å². The van der Waals surface area contributed by atoms with Crippen molar-refractivity contribution in [3.63, 3.8) is 0 Å². The summed E-state index contributed by atoms with van der Waals surface area (Å²) in [4.78, 5) is 33.8. The first-order valence-corrected chi connectivity index (χ1v) is 11.2. The molecule has 162 valence electrons. The SMILES string of the molecule is CN(C)C(=O)Cc1ccc(NC(=O)c2ccc(CSc3nc4ccccc4[nH]3)cc2)cc1. The largest absolute Gasteiger partial charge is 0.349 e. The number of fused-ring (bicyclic) bond motifs is 1. The van der Waals surface area contributed by atoms with Crippen molar-refractivity contribution in [3.8, 4) is 0 Å². The first kappa shape index (κ1) is 21.6. The van der Waals surface area contributed by atoms with Crippen molar-refractivity contribution < 1.29 is 9.59 Å². The molecule has 0 atom stereocenters. The Morgan fingerprint density at radius 2 is 1.62 bits per heavy atom. The summed E-state index contributed by atoms with van der Waals surface area (Å²) in [6.45, 7) is 0. The second-order valence-electron chi connectivity index (χ2n) is 7.66. The van der Waals surface area contributed by atoms with Gasteiger partial charge in [-0.3, -0.25) is 9.59 Å². The molecular weight excluding hydrogens is 420 g/mol. The number of aromatic amines is 1. The van der Waals surface area contributed by atoms with Crippen LogP contribution in [-0.2, 0) is 17.0 Å². The van der Waals surface area contributed by atoms with E-state index < -0.39 is 0 Å². The summed E-state index contributed by atoms with van der Waals surface area (Å²) in [6.07, 6.45) is 0.342. The summed E-state index contributed by atoms with van der Waals surface area (Å²) in [5, 5.41) is 3.78. The molecule has 0 aliphatic heterocycles. The number of likely N-dealkylation sites (N-methyl/N-ethyl adjacent to an activating group) is 1. The van der Waals surface area contributed by atoms with Gasteiger partial charge in [0.1, 0.15) is 0 Å². The van der Waals surface area contributed by atoms with Crippen molar-refractivity contribution in [2.45, 2.75) is 17.3 Å². The molecule has 4 rings (SSSR count). The van der Waals surface area contributed by atoms with Crippen LogP contribution in [0.5, 0.6) is 0 Å². The van der Waals surface area contributed by atoms with Gasteiger partial charge >= 0.3 is 0 Å². The number of nitrogens with zero attached hydrogens (tertiary/aromatic N) is 2. The van der Waals surface area contributed by atoms with Crippen molar-refractivity contribution in [3.05, 3.63) is 89.5 Å². The van der Waals surface area contributed by atoms with E-state index in [0.29, 0.717) is 17.7 Å². The van der Waals surface area contributed by atoms with Gasteiger partial charge in [-0.05, 0) is 47.5 Å². The lowest BCUT2D eigenvalue weighted by atomic mass is 10.1. The third-order valence-corrected chi connectivity index (χ3v) is 5.97. The lowest BCUT2D eigenvalue weighted by Crippen LogP contribution is -2.23. The van der Waals surface area contributed by atoms with Gasteiger partial charge in [0.2, 0.25) is 5.91 Å². The number of H-pyrrole nitrogens is 1. The fraction of sp³-hybridized carbons (Fsp3) is 0.160. The van der Waals surface area contributed by atoms with Gasteiger partial charge in [0.15, 0.2) is 5.16 Å². The molecule has 1 aromatic heterocycles. The number of nitrogens with one attached hydrogen (secondary N) is 2. The Hall–Kier alpha value is -3.58. The maximum atomic E-state index is 12.6. The van der Waals surface area contributed by atoms with Crippen LogP contribution in [0.25, 0.3) is 11.0 Å². The number of amides is 2. The molecule has 0 fully saturated rings. The molecule has 1 heterocycles. The van der Waals surface area contributed by atoms with Crippen LogP contribution in [0.1, 0.15) is 21.5 Å². The predicted octanol–water partition coefficient (Wildman–Crippen LogP) is 4.74. The van der Waals surface area contributed by atoms with E-state index in [2.05, 4.69) is 15.3 Å². The van der Waals surface area contributed by atoms with Crippen LogP contribution in [0.3, 0.4) is 0 Å². The fourth-order valence-corrected chi connectivity index (χ4v) is 3.98. The first-order valence-electron chi connectivity index (χ1n) is 10.2. The monoisotopic (exact) mass is 444 g/mol. The van der Waals surface area contributed by atoms with Crippen LogP contribution in [-0.4, -0.2) is 40.8 Å². The molecule has 0 saturated carbocycles. The smallest absolute Gasteiger partial charge is 0.255 e. The molecule has 0 radical (unpaired) electrons. The van der Waals surface area contributed by atoms with Crippen molar-refractivity contribution in [2.75, 3.05) is 19.4 Å². The van der Waals surface area contributed by atoms with Crippen molar-refractivity contribution >= 4 is 40.3 Å². The van der Waals surface area contributed by atoms with E-state index >= 15 is 0 Å². The van der Waals surface area contributed by atoms with E-state index in [0.717, 1.165) is 33.1 Å². The Bertz CT molecular complexity index is 1200. The number of carbonyl (C=O) groups excluding carboxylic acids is 2. The lowest BCUT2D eigenvalue weighted by Gasteiger charge is -2.11. The summed E-state index contributed by atoms with van der Waals surface area (Å²) in [5.74, 6) is 0.633. The van der Waals surface area contributed by atoms with Crippen LogP contribution in [0.4, 0.5) is 5.69 Å². The minimum atomic E-state index is -0.168. The molecule has 0 aliphatic carbocycles. The Labute approximate surface area is 191 Å². The Morgan fingerprint density at radius 3 is 2.31 bits per heavy atom. The zero-order chi connectivity index (χ0) is 22.5. The van der Waals surface area contributed by atoms with E-state index in [9.17, 15) is 9.59 Å². The van der Waals surface area contributed by atoms with Crippen LogP contribution < -0.4 is 5.32 Å².